The number of rotatable bonds is 5. The molecule has 1 unspecified atom stereocenters. The molecule has 0 fully saturated rings. The molecule has 0 aliphatic rings. The quantitative estimate of drug-likeness (QED) is 0.337. The molecular weight excluding hydrogens is 266 g/mol. The van der Waals surface area contributed by atoms with Crippen LogP contribution in [-0.4, -0.2) is 17.0 Å². The maximum atomic E-state index is 12.1. The first-order chi connectivity index (χ1) is 9.73. The molecular formula is C16H25N3O2. The van der Waals surface area contributed by atoms with Crippen molar-refractivity contribution in [1.29, 1.82) is 0 Å². The number of hydrogen-bond acceptors (Lipinski definition) is 3. The normalized spacial score (nSPS) is 13.8. The molecule has 5 heteroatoms. The number of carbonyl (C=O) groups is 1. The molecule has 0 bridgehead atoms. The second-order valence-corrected chi connectivity index (χ2v) is 6.65. The lowest BCUT2D eigenvalue weighted by Crippen LogP contribution is -2.21. The number of anilines is 1. The maximum Gasteiger partial charge on any atom is 0.224 e. The molecule has 21 heavy (non-hydrogen) atoms. The molecule has 5 nitrogen and oxygen atoms in total. The fourth-order valence-electron chi connectivity index (χ4n) is 2.50. The maximum absolute atomic E-state index is 12.1. The van der Waals surface area contributed by atoms with Gasteiger partial charge in [0, 0.05) is 12.0 Å². The molecule has 116 valence electrons. The fraction of sp³-hybridized carbons (Fsp3) is 0.500. The SMILES string of the molecule is CC(CC(=O)Nc1ccccc1/C(N)=N/O)CC(C)(C)C. The number of nitrogens with two attached hydrogens (primary N) is 1. The van der Waals surface area contributed by atoms with Gasteiger partial charge in [-0.3, -0.25) is 4.79 Å². The van der Waals surface area contributed by atoms with Crippen molar-refractivity contribution in [3.8, 4) is 0 Å². The van der Waals surface area contributed by atoms with E-state index in [0.29, 0.717) is 23.6 Å². The largest absolute Gasteiger partial charge is 0.409 e. The van der Waals surface area contributed by atoms with Crippen LogP contribution in [0.4, 0.5) is 5.69 Å². The Morgan fingerprint density at radius 3 is 2.57 bits per heavy atom. The summed E-state index contributed by atoms with van der Waals surface area (Å²) < 4.78 is 0. The van der Waals surface area contributed by atoms with Crippen molar-refractivity contribution in [2.75, 3.05) is 5.32 Å². The van der Waals surface area contributed by atoms with Crippen molar-refractivity contribution in [3.05, 3.63) is 29.8 Å². The number of amidine groups is 1. The summed E-state index contributed by atoms with van der Waals surface area (Å²) in [6.45, 7) is 8.56. The fourth-order valence-corrected chi connectivity index (χ4v) is 2.50. The number of oxime groups is 1. The highest BCUT2D eigenvalue weighted by atomic mass is 16.4. The Hall–Kier alpha value is -2.04. The molecule has 1 amide bonds. The Kier molecular flexibility index (Phi) is 5.76. The number of para-hydroxylation sites is 1. The molecule has 1 rings (SSSR count). The topological polar surface area (TPSA) is 87.7 Å². The minimum Gasteiger partial charge on any atom is -0.409 e. The van der Waals surface area contributed by atoms with Gasteiger partial charge in [0.2, 0.25) is 5.91 Å². The Morgan fingerprint density at radius 1 is 1.38 bits per heavy atom. The number of hydrogen-bond donors (Lipinski definition) is 3. The lowest BCUT2D eigenvalue weighted by molar-refractivity contribution is -0.117. The third kappa shape index (κ3) is 5.85. The predicted molar refractivity (Wildman–Crippen MR) is 85.4 cm³/mol. The van der Waals surface area contributed by atoms with Crippen LogP contribution in [0.25, 0.3) is 0 Å². The molecule has 1 aromatic rings. The smallest absolute Gasteiger partial charge is 0.224 e. The molecule has 0 aromatic heterocycles. The van der Waals surface area contributed by atoms with Gasteiger partial charge in [0.1, 0.15) is 0 Å². The molecule has 0 spiro atoms. The van der Waals surface area contributed by atoms with Crippen LogP contribution in [0, 0.1) is 11.3 Å². The molecule has 4 N–H and O–H groups in total. The van der Waals surface area contributed by atoms with Crippen LogP contribution in [0.15, 0.2) is 29.4 Å². The predicted octanol–water partition coefficient (Wildman–Crippen LogP) is 3.18. The third-order valence-electron chi connectivity index (χ3n) is 3.08. The highest BCUT2D eigenvalue weighted by molar-refractivity contribution is 6.05. The van der Waals surface area contributed by atoms with Crippen molar-refractivity contribution in [2.45, 2.75) is 40.5 Å². The van der Waals surface area contributed by atoms with E-state index in [-0.39, 0.29) is 17.2 Å². The number of amides is 1. The van der Waals surface area contributed by atoms with Crippen molar-refractivity contribution in [2.24, 2.45) is 22.2 Å². The Balaban J connectivity index is 2.72. The van der Waals surface area contributed by atoms with Gasteiger partial charge >= 0.3 is 0 Å². The molecule has 0 aliphatic heterocycles. The zero-order valence-electron chi connectivity index (χ0n) is 13.2. The summed E-state index contributed by atoms with van der Waals surface area (Å²) in [7, 11) is 0. The van der Waals surface area contributed by atoms with Gasteiger partial charge in [0.05, 0.1) is 5.69 Å². The van der Waals surface area contributed by atoms with Gasteiger partial charge in [-0.2, -0.15) is 0 Å². The van der Waals surface area contributed by atoms with Crippen LogP contribution in [-0.2, 0) is 4.79 Å². The van der Waals surface area contributed by atoms with Gasteiger partial charge in [-0.1, -0.05) is 45.0 Å². The Labute approximate surface area is 126 Å². The lowest BCUT2D eigenvalue weighted by Gasteiger charge is -2.23. The van der Waals surface area contributed by atoms with E-state index in [1.807, 2.05) is 0 Å². The van der Waals surface area contributed by atoms with Gasteiger partial charge in [0.25, 0.3) is 0 Å². The number of nitrogens with one attached hydrogen (secondary N) is 1. The van der Waals surface area contributed by atoms with Crippen LogP contribution in [0.1, 0.15) is 46.1 Å². The van der Waals surface area contributed by atoms with Crippen LogP contribution >= 0.6 is 0 Å². The summed E-state index contributed by atoms with van der Waals surface area (Å²) in [5.74, 6) is 0.208. The average molecular weight is 291 g/mol. The second-order valence-electron chi connectivity index (χ2n) is 6.65. The molecule has 0 heterocycles. The summed E-state index contributed by atoms with van der Waals surface area (Å²) >= 11 is 0. The number of benzene rings is 1. The minimum absolute atomic E-state index is 0.0198. The summed E-state index contributed by atoms with van der Waals surface area (Å²) in [5, 5.41) is 14.6. The molecule has 0 radical (unpaired) electrons. The third-order valence-corrected chi connectivity index (χ3v) is 3.08. The first kappa shape index (κ1) is 17.0. The number of nitrogens with zero attached hydrogens (tertiary/aromatic N) is 1. The first-order valence-electron chi connectivity index (χ1n) is 7.09. The zero-order chi connectivity index (χ0) is 16.0. The van der Waals surface area contributed by atoms with Gasteiger partial charge in [-0.05, 0) is 29.9 Å². The van der Waals surface area contributed by atoms with E-state index in [2.05, 4.69) is 38.2 Å². The van der Waals surface area contributed by atoms with Gasteiger partial charge < -0.3 is 16.3 Å². The van der Waals surface area contributed by atoms with Gasteiger partial charge in [-0.25, -0.2) is 0 Å². The summed E-state index contributed by atoms with van der Waals surface area (Å²) in [6.07, 6.45) is 1.42. The van der Waals surface area contributed by atoms with Crippen LogP contribution in [0.3, 0.4) is 0 Å². The van der Waals surface area contributed by atoms with E-state index < -0.39 is 0 Å². The molecule has 0 aliphatic carbocycles. The molecule has 1 atom stereocenters. The molecule has 0 saturated carbocycles. The summed E-state index contributed by atoms with van der Waals surface area (Å²) in [4.78, 5) is 12.1. The van der Waals surface area contributed by atoms with Crippen LogP contribution < -0.4 is 11.1 Å². The highest BCUT2D eigenvalue weighted by Gasteiger charge is 2.18. The first-order valence-corrected chi connectivity index (χ1v) is 7.09. The van der Waals surface area contributed by atoms with Crippen molar-refractivity contribution >= 4 is 17.4 Å². The monoisotopic (exact) mass is 291 g/mol. The molecule has 1 aromatic carbocycles. The van der Waals surface area contributed by atoms with E-state index in [1.165, 1.54) is 0 Å². The van der Waals surface area contributed by atoms with Crippen LogP contribution in [0.5, 0.6) is 0 Å². The summed E-state index contributed by atoms with van der Waals surface area (Å²) in [5.41, 5.74) is 6.87. The van der Waals surface area contributed by atoms with Crippen molar-refractivity contribution in [1.82, 2.24) is 0 Å². The van der Waals surface area contributed by atoms with Gasteiger partial charge in [0.15, 0.2) is 5.84 Å². The van der Waals surface area contributed by atoms with E-state index >= 15 is 0 Å². The Bertz CT molecular complexity index is 518. The number of carbonyl (C=O) groups excluding carboxylic acids is 1. The van der Waals surface area contributed by atoms with E-state index in [0.717, 1.165) is 6.42 Å². The van der Waals surface area contributed by atoms with Crippen molar-refractivity contribution in [3.63, 3.8) is 0 Å². The second kappa shape index (κ2) is 7.11. The zero-order valence-corrected chi connectivity index (χ0v) is 13.2. The van der Waals surface area contributed by atoms with Crippen LogP contribution in [0.2, 0.25) is 0 Å². The minimum atomic E-state index is -0.0649. The average Bonchev–Trinajstić information content (AvgIpc) is 2.35. The van der Waals surface area contributed by atoms with E-state index in [4.69, 9.17) is 10.9 Å². The van der Waals surface area contributed by atoms with Crippen molar-refractivity contribution < 1.29 is 10.0 Å². The van der Waals surface area contributed by atoms with E-state index in [1.54, 1.807) is 24.3 Å². The molecule has 0 saturated heterocycles. The van der Waals surface area contributed by atoms with Gasteiger partial charge in [-0.15, -0.1) is 0 Å². The Morgan fingerprint density at radius 2 is 2.00 bits per heavy atom. The highest BCUT2D eigenvalue weighted by Crippen LogP contribution is 2.26. The van der Waals surface area contributed by atoms with E-state index in [9.17, 15) is 4.79 Å². The lowest BCUT2D eigenvalue weighted by atomic mass is 9.84. The summed E-state index contributed by atoms with van der Waals surface area (Å²) in [6, 6.07) is 7.00. The standard InChI is InChI=1S/C16H25N3O2/c1-11(10-16(2,3)4)9-14(20)18-13-8-6-5-7-12(13)15(17)19-21/h5-8,11,21H,9-10H2,1-4H3,(H2,17,19)(H,18,20).